The summed E-state index contributed by atoms with van der Waals surface area (Å²) in [5, 5.41) is 2.89. The summed E-state index contributed by atoms with van der Waals surface area (Å²) in [5.41, 5.74) is 8.69. The molecule has 1 nitrogen and oxygen atoms in total. The maximum absolute atomic E-state index is 6.53. The number of benzene rings is 3. The summed E-state index contributed by atoms with van der Waals surface area (Å²) >= 11 is 12.2. The summed E-state index contributed by atoms with van der Waals surface area (Å²) < 4.78 is 2.19. The van der Waals surface area contributed by atoms with Crippen molar-refractivity contribution in [2.24, 2.45) is 5.73 Å². The first kappa shape index (κ1) is 15.3. The van der Waals surface area contributed by atoms with E-state index in [0.29, 0.717) is 0 Å². The molecule has 0 aliphatic heterocycles. The molecule has 106 valence electrons. The molecule has 3 rings (SSSR count). The smallest absolute Gasteiger partial charge is 0.0569 e. The topological polar surface area (TPSA) is 26.0 Å². The van der Waals surface area contributed by atoms with E-state index in [2.05, 4.69) is 56.7 Å². The average molecular weight is 473 g/mol. The molecule has 0 fully saturated rings. The molecule has 0 aliphatic carbocycles. The molecule has 4 heteroatoms. The van der Waals surface area contributed by atoms with Gasteiger partial charge in [-0.2, -0.15) is 0 Å². The van der Waals surface area contributed by atoms with E-state index < -0.39 is 0 Å². The van der Waals surface area contributed by atoms with Gasteiger partial charge in [-0.3, -0.25) is 0 Å². The van der Waals surface area contributed by atoms with E-state index in [0.717, 1.165) is 31.4 Å². The van der Waals surface area contributed by atoms with E-state index >= 15 is 0 Å². The summed E-state index contributed by atoms with van der Waals surface area (Å²) in [6.45, 7) is 0. The van der Waals surface area contributed by atoms with Gasteiger partial charge in [0, 0.05) is 18.5 Å². The molecule has 0 spiro atoms. The van der Waals surface area contributed by atoms with Crippen LogP contribution >= 0.6 is 50.1 Å². The minimum atomic E-state index is -0.198. The quantitative estimate of drug-likeness (QED) is 0.461. The van der Waals surface area contributed by atoms with Crippen LogP contribution in [0, 0.1) is 3.57 Å². The highest BCUT2D eigenvalue weighted by Crippen LogP contribution is 2.34. The molecule has 1 unspecified atom stereocenters. The highest BCUT2D eigenvalue weighted by atomic mass is 127. The van der Waals surface area contributed by atoms with Gasteiger partial charge < -0.3 is 5.73 Å². The van der Waals surface area contributed by atoms with Crippen LogP contribution in [0.2, 0.25) is 5.02 Å². The maximum Gasteiger partial charge on any atom is 0.0569 e. The van der Waals surface area contributed by atoms with Gasteiger partial charge in [-0.05, 0) is 63.4 Å². The number of nitrogens with two attached hydrogens (primary N) is 1. The molecule has 0 saturated heterocycles. The number of hydrogen-bond donors (Lipinski definition) is 1. The lowest BCUT2D eigenvalue weighted by atomic mass is 9.94. The van der Waals surface area contributed by atoms with Crippen LogP contribution < -0.4 is 5.73 Å². The lowest BCUT2D eigenvalue weighted by Gasteiger charge is -2.17. The summed E-state index contributed by atoms with van der Waals surface area (Å²) in [5.74, 6) is 0. The summed E-state index contributed by atoms with van der Waals surface area (Å²) in [7, 11) is 0. The van der Waals surface area contributed by atoms with Gasteiger partial charge in [0.15, 0.2) is 0 Å². The first-order chi connectivity index (χ1) is 10.1. The molecule has 0 aromatic heterocycles. The van der Waals surface area contributed by atoms with Crippen LogP contribution in [0.3, 0.4) is 0 Å². The molecule has 0 amide bonds. The van der Waals surface area contributed by atoms with Gasteiger partial charge in [-0.25, -0.2) is 0 Å². The third-order valence-electron chi connectivity index (χ3n) is 3.53. The number of halogens is 3. The maximum atomic E-state index is 6.53. The Bertz CT molecular complexity index is 819. The summed E-state index contributed by atoms with van der Waals surface area (Å²) in [6, 6.07) is 18.0. The summed E-state index contributed by atoms with van der Waals surface area (Å²) in [4.78, 5) is 0. The fraction of sp³-hybridized carbons (Fsp3) is 0.0588. The Labute approximate surface area is 150 Å². The van der Waals surface area contributed by atoms with Crippen LogP contribution in [0.5, 0.6) is 0 Å². The molecular formula is C17H12BrClIN. The van der Waals surface area contributed by atoms with Crippen LogP contribution in [0.25, 0.3) is 10.8 Å². The molecule has 0 saturated carbocycles. The fourth-order valence-electron chi connectivity index (χ4n) is 2.48. The Hall–Kier alpha value is -0.620. The molecule has 2 N–H and O–H groups in total. The van der Waals surface area contributed by atoms with Crippen molar-refractivity contribution in [1.29, 1.82) is 0 Å². The third-order valence-corrected chi connectivity index (χ3v) is 5.26. The highest BCUT2D eigenvalue weighted by molar-refractivity contribution is 14.1. The largest absolute Gasteiger partial charge is 0.320 e. The van der Waals surface area contributed by atoms with E-state index in [1.54, 1.807) is 0 Å². The van der Waals surface area contributed by atoms with Crippen molar-refractivity contribution >= 4 is 60.9 Å². The van der Waals surface area contributed by atoms with E-state index in [1.165, 1.54) is 3.57 Å². The Morgan fingerprint density at radius 3 is 2.43 bits per heavy atom. The van der Waals surface area contributed by atoms with Crippen molar-refractivity contribution in [3.05, 3.63) is 78.8 Å². The molecular weight excluding hydrogens is 460 g/mol. The molecule has 3 aromatic rings. The predicted molar refractivity (Wildman–Crippen MR) is 102 cm³/mol. The van der Waals surface area contributed by atoms with E-state index in [9.17, 15) is 0 Å². The van der Waals surface area contributed by atoms with Crippen LogP contribution in [-0.2, 0) is 0 Å². The highest BCUT2D eigenvalue weighted by Gasteiger charge is 2.16. The van der Waals surface area contributed by atoms with E-state index in [1.807, 2.05) is 36.4 Å². The molecule has 0 bridgehead atoms. The molecule has 21 heavy (non-hydrogen) atoms. The van der Waals surface area contributed by atoms with Gasteiger partial charge in [0.25, 0.3) is 0 Å². The second kappa shape index (κ2) is 6.24. The fourth-order valence-corrected chi connectivity index (χ4v) is 3.71. The molecule has 0 radical (unpaired) electrons. The SMILES string of the molecule is NC(c1cc(I)ccc1Br)c1ccc(Cl)c2ccccc12. The number of hydrogen-bond acceptors (Lipinski definition) is 1. The van der Waals surface area contributed by atoms with Crippen LogP contribution in [0.4, 0.5) is 0 Å². The van der Waals surface area contributed by atoms with Gasteiger partial charge in [-0.1, -0.05) is 57.9 Å². The number of rotatable bonds is 2. The van der Waals surface area contributed by atoms with Gasteiger partial charge in [-0.15, -0.1) is 0 Å². The van der Waals surface area contributed by atoms with Crippen LogP contribution in [-0.4, -0.2) is 0 Å². The lowest BCUT2D eigenvalue weighted by molar-refractivity contribution is 0.874. The lowest BCUT2D eigenvalue weighted by Crippen LogP contribution is -2.13. The van der Waals surface area contributed by atoms with Crippen LogP contribution in [0.15, 0.2) is 59.1 Å². The number of fused-ring (bicyclic) bond motifs is 1. The first-order valence-electron chi connectivity index (χ1n) is 6.45. The second-order valence-corrected chi connectivity index (χ2v) is 7.33. The van der Waals surface area contributed by atoms with Gasteiger partial charge in [0.1, 0.15) is 0 Å². The zero-order valence-corrected chi connectivity index (χ0v) is 15.5. The van der Waals surface area contributed by atoms with Crippen molar-refractivity contribution in [3.8, 4) is 0 Å². The Morgan fingerprint density at radius 2 is 1.67 bits per heavy atom. The average Bonchev–Trinajstić information content (AvgIpc) is 2.50. The standard InChI is InChI=1S/C17H12BrClIN/c18-15-7-5-10(20)9-14(15)17(21)13-6-8-16(19)12-4-2-1-3-11(12)13/h1-9,17H,21H2. The first-order valence-corrected chi connectivity index (χ1v) is 8.70. The minimum absolute atomic E-state index is 0.198. The monoisotopic (exact) mass is 471 g/mol. The third kappa shape index (κ3) is 2.97. The van der Waals surface area contributed by atoms with Crippen molar-refractivity contribution in [2.75, 3.05) is 0 Å². The zero-order valence-electron chi connectivity index (χ0n) is 11.0. The minimum Gasteiger partial charge on any atom is -0.320 e. The Kier molecular flexibility index (Phi) is 4.54. The molecule has 3 aromatic carbocycles. The van der Waals surface area contributed by atoms with Crippen molar-refractivity contribution in [2.45, 2.75) is 6.04 Å². The summed E-state index contributed by atoms with van der Waals surface area (Å²) in [6.07, 6.45) is 0. The molecule has 1 atom stereocenters. The van der Waals surface area contributed by atoms with E-state index in [-0.39, 0.29) is 6.04 Å². The molecule has 0 heterocycles. The van der Waals surface area contributed by atoms with Crippen molar-refractivity contribution < 1.29 is 0 Å². The predicted octanol–water partition coefficient (Wildman–Crippen LogP) is 5.91. The zero-order chi connectivity index (χ0) is 15.0. The van der Waals surface area contributed by atoms with Crippen molar-refractivity contribution in [1.82, 2.24) is 0 Å². The Balaban J connectivity index is 2.20. The normalized spacial score (nSPS) is 12.6. The van der Waals surface area contributed by atoms with Gasteiger partial charge in [0.2, 0.25) is 0 Å². The van der Waals surface area contributed by atoms with Gasteiger partial charge in [0.05, 0.1) is 6.04 Å². The Morgan fingerprint density at radius 1 is 0.952 bits per heavy atom. The van der Waals surface area contributed by atoms with E-state index in [4.69, 9.17) is 17.3 Å². The van der Waals surface area contributed by atoms with Crippen molar-refractivity contribution in [3.63, 3.8) is 0 Å². The molecule has 0 aliphatic rings. The van der Waals surface area contributed by atoms with Crippen LogP contribution in [0.1, 0.15) is 17.2 Å². The van der Waals surface area contributed by atoms with Gasteiger partial charge >= 0.3 is 0 Å². The second-order valence-electron chi connectivity index (χ2n) is 4.83.